The molecule has 1 N–H and O–H groups in total. The summed E-state index contributed by atoms with van der Waals surface area (Å²) in [6.45, 7) is 7.35. The van der Waals surface area contributed by atoms with Gasteiger partial charge in [-0.2, -0.15) is 0 Å². The van der Waals surface area contributed by atoms with E-state index in [1.54, 1.807) is 24.3 Å². The second-order valence-electron chi connectivity index (χ2n) is 10.7. The summed E-state index contributed by atoms with van der Waals surface area (Å²) in [5, 5.41) is 3.03. The van der Waals surface area contributed by atoms with E-state index in [-0.39, 0.29) is 18.9 Å². The van der Waals surface area contributed by atoms with Gasteiger partial charge in [-0.3, -0.25) is 13.9 Å². The molecular weight excluding hydrogens is 625 g/mol. The minimum absolute atomic E-state index is 0.153. The summed E-state index contributed by atoms with van der Waals surface area (Å²) in [7, 11) is -3.79. The molecule has 0 saturated heterocycles. The van der Waals surface area contributed by atoms with Crippen LogP contribution in [0, 0.1) is 10.5 Å². The molecule has 0 spiro atoms. The summed E-state index contributed by atoms with van der Waals surface area (Å²) in [5.74, 6) is -0.766. The van der Waals surface area contributed by atoms with Gasteiger partial charge in [-0.25, -0.2) is 8.42 Å². The van der Waals surface area contributed by atoms with Crippen molar-refractivity contribution < 1.29 is 18.0 Å². The Hall–Kier alpha value is -2.92. The number of nitrogens with zero attached hydrogens (tertiary/aromatic N) is 2. The molecular formula is C30H36IN3O4S. The second-order valence-corrected chi connectivity index (χ2v) is 13.9. The molecule has 0 aromatic heterocycles. The first-order valence-electron chi connectivity index (χ1n) is 12.7. The van der Waals surface area contributed by atoms with Gasteiger partial charge >= 0.3 is 0 Å². The lowest BCUT2D eigenvalue weighted by Crippen LogP contribution is -2.56. The summed E-state index contributed by atoms with van der Waals surface area (Å²) in [6, 6.07) is 23.3. The third-order valence-electron chi connectivity index (χ3n) is 6.00. The Kier molecular flexibility index (Phi) is 10.2. The van der Waals surface area contributed by atoms with E-state index < -0.39 is 34.1 Å². The molecule has 0 radical (unpaired) electrons. The Bertz CT molecular complexity index is 1390. The molecule has 0 heterocycles. The van der Waals surface area contributed by atoms with Crippen LogP contribution in [-0.2, 0) is 32.6 Å². The average Bonchev–Trinajstić information content (AvgIpc) is 2.84. The number of hydrogen-bond acceptors (Lipinski definition) is 4. The Morgan fingerprint density at radius 3 is 2.10 bits per heavy atom. The van der Waals surface area contributed by atoms with Gasteiger partial charge < -0.3 is 10.2 Å². The Labute approximate surface area is 245 Å². The van der Waals surface area contributed by atoms with E-state index in [2.05, 4.69) is 27.9 Å². The molecule has 1 atom stereocenters. The fraction of sp³-hybridized carbons (Fsp3) is 0.333. The van der Waals surface area contributed by atoms with Crippen molar-refractivity contribution >= 4 is 50.1 Å². The molecule has 0 aliphatic rings. The molecule has 3 aromatic carbocycles. The average molecular weight is 662 g/mol. The molecule has 7 nitrogen and oxygen atoms in total. The Morgan fingerprint density at radius 2 is 1.54 bits per heavy atom. The van der Waals surface area contributed by atoms with Crippen LogP contribution < -0.4 is 9.62 Å². The fourth-order valence-corrected chi connectivity index (χ4v) is 5.44. The lowest BCUT2D eigenvalue weighted by atomic mass is 10.0. The first-order chi connectivity index (χ1) is 18.2. The normalized spacial score (nSPS) is 12.5. The van der Waals surface area contributed by atoms with Crippen molar-refractivity contribution in [3.05, 3.63) is 99.1 Å². The van der Waals surface area contributed by atoms with Gasteiger partial charge in [0.05, 0.1) is 11.9 Å². The molecule has 2 amide bonds. The van der Waals surface area contributed by atoms with Crippen molar-refractivity contribution in [3.8, 4) is 0 Å². The van der Waals surface area contributed by atoms with Crippen LogP contribution in [0.1, 0.15) is 37.5 Å². The molecule has 0 bridgehead atoms. The maximum atomic E-state index is 14.1. The summed E-state index contributed by atoms with van der Waals surface area (Å²) < 4.78 is 27.7. The van der Waals surface area contributed by atoms with Gasteiger partial charge in [0.25, 0.3) is 0 Å². The van der Waals surface area contributed by atoms with E-state index in [1.165, 1.54) is 4.90 Å². The van der Waals surface area contributed by atoms with Crippen molar-refractivity contribution in [1.29, 1.82) is 0 Å². The number of carbonyl (C=O) groups excluding carboxylic acids is 2. The lowest BCUT2D eigenvalue weighted by molar-refractivity contribution is -0.140. The highest BCUT2D eigenvalue weighted by atomic mass is 127. The molecule has 3 rings (SSSR count). The zero-order valence-electron chi connectivity index (χ0n) is 23.0. The largest absolute Gasteiger partial charge is 0.350 e. The standard InChI is InChI=1S/C30H36IN3O4S/c1-22-10-9-13-24(18-22)20-33(27(29(36)32-30(2,3)4)19-23-11-7-6-8-12-23)28(35)21-34(39(5,37)38)26-16-14-25(31)15-17-26/h6-18,27H,19-21H2,1-5H3,(H,32,36)/t27-/m1/s1. The van der Waals surface area contributed by atoms with E-state index in [1.807, 2.05) is 82.3 Å². The number of rotatable bonds is 10. The third-order valence-corrected chi connectivity index (χ3v) is 7.86. The summed E-state index contributed by atoms with van der Waals surface area (Å²) in [5.41, 5.74) is 2.64. The maximum Gasteiger partial charge on any atom is 0.244 e. The topological polar surface area (TPSA) is 86.8 Å². The smallest absolute Gasteiger partial charge is 0.244 e. The van der Waals surface area contributed by atoms with Crippen molar-refractivity contribution in [2.75, 3.05) is 17.1 Å². The van der Waals surface area contributed by atoms with Crippen LogP contribution in [0.25, 0.3) is 0 Å². The van der Waals surface area contributed by atoms with Crippen molar-refractivity contribution in [2.24, 2.45) is 0 Å². The van der Waals surface area contributed by atoms with E-state index in [0.717, 1.165) is 30.8 Å². The number of halogens is 1. The molecule has 39 heavy (non-hydrogen) atoms. The Morgan fingerprint density at radius 1 is 0.923 bits per heavy atom. The van der Waals surface area contributed by atoms with Gasteiger partial charge in [0, 0.05) is 22.1 Å². The SMILES string of the molecule is Cc1cccc(CN(C(=O)CN(c2ccc(I)cc2)S(C)(=O)=O)[C@H](Cc2ccccc2)C(=O)NC(C)(C)C)c1. The van der Waals surface area contributed by atoms with Gasteiger partial charge in [0.2, 0.25) is 21.8 Å². The fourth-order valence-electron chi connectivity index (χ4n) is 4.24. The number of aryl methyl sites for hydroxylation is 1. The molecule has 0 unspecified atom stereocenters. The molecule has 0 aliphatic carbocycles. The van der Waals surface area contributed by atoms with Crippen LogP contribution in [0.4, 0.5) is 5.69 Å². The molecule has 208 valence electrons. The van der Waals surface area contributed by atoms with Crippen LogP contribution in [0.3, 0.4) is 0 Å². The summed E-state index contributed by atoms with van der Waals surface area (Å²) in [6.07, 6.45) is 1.36. The molecule has 0 fully saturated rings. The van der Waals surface area contributed by atoms with Crippen LogP contribution in [0.2, 0.25) is 0 Å². The lowest BCUT2D eigenvalue weighted by Gasteiger charge is -2.35. The van der Waals surface area contributed by atoms with Crippen molar-refractivity contribution in [3.63, 3.8) is 0 Å². The minimum Gasteiger partial charge on any atom is -0.350 e. The molecule has 9 heteroatoms. The van der Waals surface area contributed by atoms with Gasteiger partial charge in [-0.05, 0) is 85.7 Å². The first kappa shape index (κ1) is 30.6. The van der Waals surface area contributed by atoms with E-state index >= 15 is 0 Å². The number of carbonyl (C=O) groups is 2. The van der Waals surface area contributed by atoms with Crippen LogP contribution in [-0.4, -0.2) is 49.5 Å². The Balaban J connectivity index is 2.07. The predicted octanol–water partition coefficient (Wildman–Crippen LogP) is 4.92. The number of sulfonamides is 1. The van der Waals surface area contributed by atoms with Crippen LogP contribution >= 0.6 is 22.6 Å². The van der Waals surface area contributed by atoms with Gasteiger partial charge in [-0.1, -0.05) is 60.2 Å². The molecule has 0 saturated carbocycles. The van der Waals surface area contributed by atoms with Gasteiger partial charge in [-0.15, -0.1) is 0 Å². The zero-order chi connectivity index (χ0) is 28.8. The number of anilines is 1. The van der Waals surface area contributed by atoms with Gasteiger partial charge in [0.1, 0.15) is 12.6 Å². The predicted molar refractivity (Wildman–Crippen MR) is 165 cm³/mol. The maximum absolute atomic E-state index is 14.1. The van der Waals surface area contributed by atoms with Gasteiger partial charge in [0.15, 0.2) is 0 Å². The van der Waals surface area contributed by atoms with E-state index in [4.69, 9.17) is 0 Å². The van der Waals surface area contributed by atoms with Crippen molar-refractivity contribution in [1.82, 2.24) is 10.2 Å². The highest BCUT2D eigenvalue weighted by Crippen LogP contribution is 2.22. The first-order valence-corrected chi connectivity index (χ1v) is 15.6. The minimum atomic E-state index is -3.79. The number of nitrogens with one attached hydrogen (secondary N) is 1. The highest BCUT2D eigenvalue weighted by Gasteiger charge is 2.34. The van der Waals surface area contributed by atoms with E-state index in [9.17, 15) is 18.0 Å². The highest BCUT2D eigenvalue weighted by molar-refractivity contribution is 14.1. The van der Waals surface area contributed by atoms with Crippen LogP contribution in [0.15, 0.2) is 78.9 Å². The second kappa shape index (κ2) is 13.0. The number of amides is 2. The monoisotopic (exact) mass is 661 g/mol. The molecule has 0 aliphatic heterocycles. The third kappa shape index (κ3) is 9.35. The van der Waals surface area contributed by atoms with Crippen molar-refractivity contribution in [2.45, 2.75) is 52.2 Å². The number of hydrogen-bond donors (Lipinski definition) is 1. The number of benzene rings is 3. The van der Waals surface area contributed by atoms with E-state index in [0.29, 0.717) is 5.69 Å². The molecule has 3 aromatic rings. The quantitative estimate of drug-likeness (QED) is 0.313. The zero-order valence-corrected chi connectivity index (χ0v) is 26.0. The van der Waals surface area contributed by atoms with Crippen LogP contribution in [0.5, 0.6) is 0 Å². The summed E-state index contributed by atoms with van der Waals surface area (Å²) >= 11 is 2.14. The summed E-state index contributed by atoms with van der Waals surface area (Å²) in [4.78, 5) is 29.3.